The number of anilines is 2. The molecule has 36 heavy (non-hydrogen) atoms. The van der Waals surface area contributed by atoms with E-state index in [-0.39, 0.29) is 18.7 Å². The summed E-state index contributed by atoms with van der Waals surface area (Å²) in [6.45, 7) is 9.72. The van der Waals surface area contributed by atoms with E-state index in [2.05, 4.69) is 43.9 Å². The molecule has 3 aromatic heterocycles. The van der Waals surface area contributed by atoms with Gasteiger partial charge in [-0.3, -0.25) is 9.69 Å². The van der Waals surface area contributed by atoms with Crippen LogP contribution in [0.3, 0.4) is 0 Å². The third-order valence-electron chi connectivity index (χ3n) is 6.22. The number of nitrogens with zero attached hydrogens (tertiary/aromatic N) is 6. The van der Waals surface area contributed by atoms with Gasteiger partial charge in [-0.1, -0.05) is 18.2 Å². The number of hydrogen-bond acceptors (Lipinski definition) is 8. The van der Waals surface area contributed by atoms with Gasteiger partial charge in [0.1, 0.15) is 11.0 Å². The van der Waals surface area contributed by atoms with Crippen LogP contribution in [0.25, 0.3) is 16.9 Å². The van der Waals surface area contributed by atoms with Crippen LogP contribution in [0.1, 0.15) is 30.7 Å². The van der Waals surface area contributed by atoms with E-state index in [4.69, 9.17) is 0 Å². The van der Waals surface area contributed by atoms with E-state index >= 15 is 0 Å². The van der Waals surface area contributed by atoms with E-state index in [1.807, 2.05) is 6.07 Å². The lowest BCUT2D eigenvalue weighted by molar-refractivity contribution is 0.0738. The smallest absolute Gasteiger partial charge is 0.278 e. The lowest BCUT2D eigenvalue weighted by Crippen LogP contribution is -2.23. The normalized spacial score (nSPS) is 13.8. The Labute approximate surface area is 208 Å². The first-order chi connectivity index (χ1) is 17.3. The average Bonchev–Trinajstić information content (AvgIpc) is 3.37. The number of aliphatic hydroxyl groups is 2. The van der Waals surface area contributed by atoms with E-state index in [0.29, 0.717) is 35.0 Å². The Morgan fingerprint density at radius 1 is 1.17 bits per heavy atom. The van der Waals surface area contributed by atoms with Crippen LogP contribution >= 0.6 is 0 Å². The summed E-state index contributed by atoms with van der Waals surface area (Å²) in [5.41, 5.74) is 2.73. The highest BCUT2D eigenvalue weighted by molar-refractivity contribution is 5.77. The van der Waals surface area contributed by atoms with Crippen molar-refractivity contribution in [2.45, 2.75) is 39.1 Å². The SMILES string of the molecule is C=CCn1c(=O)c2cnc(Nc3ccc4c(c3)CN(CCO)C4)nc2n1-c1cccc(C(C)(C)O)n1. The van der Waals surface area contributed by atoms with Crippen molar-refractivity contribution < 1.29 is 10.2 Å². The zero-order chi connectivity index (χ0) is 25.4. The molecule has 186 valence electrons. The topological polar surface area (TPSA) is 121 Å². The summed E-state index contributed by atoms with van der Waals surface area (Å²) in [6, 6.07) is 11.4. The third-order valence-corrected chi connectivity index (χ3v) is 6.22. The van der Waals surface area contributed by atoms with Crippen LogP contribution in [0.2, 0.25) is 0 Å². The second-order valence-corrected chi connectivity index (χ2v) is 9.40. The molecule has 0 unspecified atom stereocenters. The van der Waals surface area contributed by atoms with Crippen LogP contribution < -0.4 is 10.9 Å². The monoisotopic (exact) mass is 487 g/mol. The second-order valence-electron chi connectivity index (χ2n) is 9.40. The maximum Gasteiger partial charge on any atom is 0.278 e. The number of pyridine rings is 1. The maximum atomic E-state index is 13.2. The zero-order valence-corrected chi connectivity index (χ0v) is 20.3. The molecule has 0 atom stereocenters. The fraction of sp³-hybridized carbons (Fsp3) is 0.308. The van der Waals surface area contributed by atoms with Gasteiger partial charge in [-0.25, -0.2) is 19.3 Å². The Morgan fingerprint density at radius 2 is 1.97 bits per heavy atom. The molecule has 4 aromatic rings. The van der Waals surface area contributed by atoms with E-state index in [9.17, 15) is 15.0 Å². The predicted molar refractivity (Wildman–Crippen MR) is 137 cm³/mol. The molecule has 0 amide bonds. The number of aromatic nitrogens is 5. The summed E-state index contributed by atoms with van der Waals surface area (Å²) in [4.78, 5) is 29.0. The van der Waals surface area contributed by atoms with Crippen molar-refractivity contribution in [3.05, 3.63) is 82.4 Å². The Bertz CT molecular complexity index is 1500. The minimum atomic E-state index is -1.15. The molecule has 4 heterocycles. The van der Waals surface area contributed by atoms with Crippen molar-refractivity contribution >= 4 is 22.7 Å². The Morgan fingerprint density at radius 3 is 2.72 bits per heavy atom. The van der Waals surface area contributed by atoms with E-state index < -0.39 is 5.60 Å². The van der Waals surface area contributed by atoms with Crippen LogP contribution in [0.15, 0.2) is 60.0 Å². The lowest BCUT2D eigenvalue weighted by atomic mass is 10.1. The van der Waals surface area contributed by atoms with Gasteiger partial charge in [0.2, 0.25) is 5.95 Å². The number of allylic oxidation sites excluding steroid dienone is 1. The van der Waals surface area contributed by atoms with Gasteiger partial charge < -0.3 is 15.5 Å². The standard InChI is InChI=1S/C26H29N7O3/c1-4-10-32-24(35)20-14-27-25(28-19-9-8-17-15-31(11-12-34)16-18(17)13-19)30-23(20)33(32)22-7-5-6-21(29-22)26(2,3)36/h4-9,13-14,34,36H,1,10-12,15-16H2,2-3H3,(H,27,28,30). The van der Waals surface area contributed by atoms with Gasteiger partial charge >= 0.3 is 0 Å². The fourth-order valence-electron chi connectivity index (χ4n) is 4.46. The van der Waals surface area contributed by atoms with E-state index in [0.717, 1.165) is 18.8 Å². The van der Waals surface area contributed by atoms with Crippen LogP contribution in [0.5, 0.6) is 0 Å². The quantitative estimate of drug-likeness (QED) is 0.324. The molecular formula is C26H29N7O3. The summed E-state index contributed by atoms with van der Waals surface area (Å²) in [7, 11) is 0. The van der Waals surface area contributed by atoms with Crippen molar-refractivity contribution in [1.82, 2.24) is 29.2 Å². The van der Waals surface area contributed by atoms with Crippen molar-refractivity contribution in [3.63, 3.8) is 0 Å². The summed E-state index contributed by atoms with van der Waals surface area (Å²) in [5, 5.41) is 23.3. The number of hydrogen-bond donors (Lipinski definition) is 3. The van der Waals surface area contributed by atoms with E-state index in [1.165, 1.54) is 22.0 Å². The van der Waals surface area contributed by atoms with Crippen LogP contribution in [-0.2, 0) is 25.2 Å². The van der Waals surface area contributed by atoms with Gasteiger partial charge in [-0.2, -0.15) is 4.98 Å². The van der Waals surface area contributed by atoms with Gasteiger partial charge in [0.05, 0.1) is 18.8 Å². The molecule has 0 fully saturated rings. The van der Waals surface area contributed by atoms with Crippen LogP contribution in [0.4, 0.5) is 11.6 Å². The number of rotatable bonds is 8. The van der Waals surface area contributed by atoms with Gasteiger partial charge in [-0.15, -0.1) is 6.58 Å². The minimum absolute atomic E-state index is 0.133. The molecule has 1 aliphatic heterocycles. The highest BCUT2D eigenvalue weighted by Crippen LogP contribution is 2.27. The molecule has 0 saturated carbocycles. The van der Waals surface area contributed by atoms with Crippen molar-refractivity contribution in [1.29, 1.82) is 0 Å². The summed E-state index contributed by atoms with van der Waals surface area (Å²) in [6.07, 6.45) is 3.15. The van der Waals surface area contributed by atoms with Crippen molar-refractivity contribution in [2.75, 3.05) is 18.5 Å². The average molecular weight is 488 g/mol. The molecule has 0 spiro atoms. The number of fused-ring (bicyclic) bond motifs is 2. The fourth-order valence-corrected chi connectivity index (χ4v) is 4.46. The number of benzene rings is 1. The Hall–Kier alpha value is -3.86. The maximum absolute atomic E-state index is 13.2. The first-order valence-electron chi connectivity index (χ1n) is 11.8. The third kappa shape index (κ3) is 4.41. The number of β-amino-alcohol motifs (C(OH)–C–C–N with tert-alkyl or cyclic N) is 1. The van der Waals surface area contributed by atoms with Crippen LogP contribution in [-0.4, -0.2) is 52.6 Å². The largest absolute Gasteiger partial charge is 0.395 e. The highest BCUT2D eigenvalue weighted by Gasteiger charge is 2.22. The molecule has 0 radical (unpaired) electrons. The number of nitrogens with one attached hydrogen (secondary N) is 1. The second kappa shape index (κ2) is 9.30. The lowest BCUT2D eigenvalue weighted by Gasteiger charge is -2.18. The molecule has 0 saturated heterocycles. The molecule has 1 aromatic carbocycles. The van der Waals surface area contributed by atoms with Gasteiger partial charge in [0.25, 0.3) is 5.56 Å². The Kier molecular flexibility index (Phi) is 6.17. The molecule has 0 bridgehead atoms. The highest BCUT2D eigenvalue weighted by atomic mass is 16.3. The molecule has 3 N–H and O–H groups in total. The van der Waals surface area contributed by atoms with Gasteiger partial charge in [-0.05, 0) is 49.2 Å². The summed E-state index contributed by atoms with van der Waals surface area (Å²) in [5.74, 6) is 0.797. The molecule has 5 rings (SSSR count). The minimum Gasteiger partial charge on any atom is -0.395 e. The summed E-state index contributed by atoms with van der Waals surface area (Å²) >= 11 is 0. The van der Waals surface area contributed by atoms with Crippen molar-refractivity contribution in [2.24, 2.45) is 0 Å². The van der Waals surface area contributed by atoms with Crippen LogP contribution in [0, 0.1) is 0 Å². The predicted octanol–water partition coefficient (Wildman–Crippen LogP) is 2.44. The van der Waals surface area contributed by atoms with Gasteiger partial charge in [0.15, 0.2) is 11.5 Å². The number of aliphatic hydroxyl groups excluding tert-OH is 1. The van der Waals surface area contributed by atoms with Gasteiger partial charge in [0, 0.05) is 31.5 Å². The zero-order valence-electron chi connectivity index (χ0n) is 20.3. The Balaban J connectivity index is 1.56. The molecule has 0 aliphatic carbocycles. The first kappa shape index (κ1) is 23.9. The van der Waals surface area contributed by atoms with Crippen molar-refractivity contribution in [3.8, 4) is 5.82 Å². The first-order valence-corrected chi connectivity index (χ1v) is 11.8. The van der Waals surface area contributed by atoms with E-state index in [1.54, 1.807) is 42.8 Å². The molecule has 1 aliphatic rings. The molecule has 10 heteroatoms. The molecule has 10 nitrogen and oxygen atoms in total. The molecular weight excluding hydrogens is 458 g/mol. The summed E-state index contributed by atoms with van der Waals surface area (Å²) < 4.78 is 3.13.